The van der Waals surface area contributed by atoms with Gasteiger partial charge in [0.05, 0.1) is 0 Å². The second-order valence-electron chi connectivity index (χ2n) is 13.8. The van der Waals surface area contributed by atoms with Crippen LogP contribution in [0.1, 0.15) is 50.7 Å². The minimum Gasteiger partial charge on any atom is -0.0654 e. The van der Waals surface area contributed by atoms with Gasteiger partial charge in [-0.25, -0.2) is 0 Å². The number of aryl methyl sites for hydroxylation is 2. The van der Waals surface area contributed by atoms with E-state index in [9.17, 15) is 0 Å². The molecule has 0 unspecified atom stereocenters. The molecule has 0 atom stereocenters. The van der Waals surface area contributed by atoms with Crippen LogP contribution in [-0.4, -0.2) is 17.6 Å². The van der Waals surface area contributed by atoms with Crippen LogP contribution in [0.4, 0.5) is 0 Å². The molecule has 2 heteroatoms. The van der Waals surface area contributed by atoms with Gasteiger partial charge in [-0.3, -0.25) is 0 Å². The highest BCUT2D eigenvalue weighted by Crippen LogP contribution is 2.26. The Balaban J connectivity index is 1.35. The molecular formula is C50H48Si2. The summed E-state index contributed by atoms with van der Waals surface area (Å²) < 4.78 is 0. The fourth-order valence-electron chi connectivity index (χ4n) is 7.38. The molecule has 7 aromatic carbocycles. The van der Waals surface area contributed by atoms with E-state index in [0.29, 0.717) is 0 Å². The monoisotopic (exact) mass is 704 g/mol. The zero-order valence-electron chi connectivity index (χ0n) is 30.6. The summed E-state index contributed by atoms with van der Waals surface area (Å²) in [6, 6.07) is 68.9. The maximum absolute atomic E-state index is 2.54. The Morgan fingerprint density at radius 3 is 0.942 bits per heavy atom. The van der Waals surface area contributed by atoms with E-state index in [1.54, 1.807) is 0 Å². The zero-order valence-corrected chi connectivity index (χ0v) is 32.6. The average molecular weight is 705 g/mol. The van der Waals surface area contributed by atoms with Crippen LogP contribution in [0.5, 0.6) is 0 Å². The maximum atomic E-state index is 2.54. The van der Waals surface area contributed by atoms with Gasteiger partial charge in [-0.1, -0.05) is 229 Å². The molecule has 7 rings (SSSR count). The Morgan fingerprint density at radius 2 is 0.654 bits per heavy atom. The summed E-state index contributed by atoms with van der Waals surface area (Å²) in [5.41, 5.74) is 8.15. The second-order valence-corrected chi connectivity index (χ2v) is 18.6. The third-order valence-corrected chi connectivity index (χ3v) is 15.6. The molecule has 0 spiro atoms. The predicted molar refractivity (Wildman–Crippen MR) is 230 cm³/mol. The number of unbranched alkanes of at least 4 members (excludes halogenated alkanes) is 2. The van der Waals surface area contributed by atoms with Crippen molar-refractivity contribution in [2.45, 2.75) is 52.4 Å². The average Bonchev–Trinajstić information content (AvgIpc) is 3.21. The quantitative estimate of drug-likeness (QED) is 0.0785. The van der Waals surface area contributed by atoms with E-state index in [1.165, 1.54) is 90.2 Å². The summed E-state index contributed by atoms with van der Waals surface area (Å²) in [5.74, 6) is 0. The Hall–Kier alpha value is -5.03. The molecular weight excluding hydrogens is 657 g/mol. The molecule has 52 heavy (non-hydrogen) atoms. The van der Waals surface area contributed by atoms with Gasteiger partial charge in [-0.15, -0.1) is 0 Å². The zero-order chi connectivity index (χ0) is 35.5. The first-order valence-corrected chi connectivity index (χ1v) is 22.1. The Labute approximate surface area is 315 Å². The standard InChI is InChI=1S/C50H48Si2/c1-3-5-19-39-29-35-47(49(37-39)51(43-21-11-7-12-22-43)44-23-13-8-14-24-44)41-31-33-42(34-32-41)48-36-30-40(20-6-4-2)38-50(48)52(45-25-15-9-16-26-45)46-27-17-10-18-28-46/h7-18,21-38H,3-6,19-20H2,1-2H3. The van der Waals surface area contributed by atoms with E-state index in [2.05, 4.69) is 196 Å². The van der Waals surface area contributed by atoms with Gasteiger partial charge in [-0.2, -0.15) is 0 Å². The molecule has 0 aliphatic carbocycles. The minimum absolute atomic E-state index is 1.12. The molecule has 0 saturated carbocycles. The Morgan fingerprint density at radius 1 is 0.346 bits per heavy atom. The highest BCUT2D eigenvalue weighted by molar-refractivity contribution is 6.97. The van der Waals surface area contributed by atoms with Gasteiger partial charge in [0, 0.05) is 0 Å². The molecule has 0 N–H and O–H groups in total. The highest BCUT2D eigenvalue weighted by atomic mass is 28.3. The first-order valence-electron chi connectivity index (χ1n) is 19.1. The molecule has 0 fully saturated rings. The molecule has 0 heterocycles. The van der Waals surface area contributed by atoms with Gasteiger partial charge in [0.25, 0.3) is 0 Å². The van der Waals surface area contributed by atoms with Gasteiger partial charge < -0.3 is 0 Å². The minimum atomic E-state index is -1.25. The van der Waals surface area contributed by atoms with E-state index in [4.69, 9.17) is 0 Å². The van der Waals surface area contributed by atoms with Crippen molar-refractivity contribution in [1.29, 1.82) is 0 Å². The fourth-order valence-corrected chi connectivity index (χ4v) is 13.0. The maximum Gasteiger partial charge on any atom is 0.155 e. The van der Waals surface area contributed by atoms with Crippen molar-refractivity contribution in [2.24, 2.45) is 0 Å². The van der Waals surface area contributed by atoms with Gasteiger partial charge in [-0.05, 0) is 69.4 Å². The molecule has 256 valence electrons. The first-order chi connectivity index (χ1) is 25.7. The first kappa shape index (κ1) is 35.4. The van der Waals surface area contributed by atoms with E-state index in [1.807, 2.05) is 0 Å². The third kappa shape index (κ3) is 8.20. The van der Waals surface area contributed by atoms with Crippen molar-refractivity contribution in [3.05, 3.63) is 193 Å². The Kier molecular flexibility index (Phi) is 11.9. The Bertz CT molecular complexity index is 1900. The van der Waals surface area contributed by atoms with Crippen molar-refractivity contribution < 1.29 is 0 Å². The van der Waals surface area contributed by atoms with Crippen LogP contribution in [0.2, 0.25) is 0 Å². The molecule has 7 aromatic rings. The second kappa shape index (κ2) is 17.5. The lowest BCUT2D eigenvalue weighted by Crippen LogP contribution is -2.52. The van der Waals surface area contributed by atoms with E-state index < -0.39 is 17.6 Å². The van der Waals surface area contributed by atoms with Crippen LogP contribution in [0, 0.1) is 0 Å². The van der Waals surface area contributed by atoms with Crippen LogP contribution in [0.25, 0.3) is 22.3 Å². The summed E-state index contributed by atoms with van der Waals surface area (Å²) in [6.07, 6.45) is 7.05. The van der Waals surface area contributed by atoms with Crippen LogP contribution in [0.3, 0.4) is 0 Å². The molecule has 0 nitrogen and oxygen atoms in total. The summed E-state index contributed by atoms with van der Waals surface area (Å²) in [5, 5.41) is 8.65. The van der Waals surface area contributed by atoms with Gasteiger partial charge in [0.1, 0.15) is 0 Å². The molecule has 2 radical (unpaired) electrons. The summed E-state index contributed by atoms with van der Waals surface area (Å²) in [4.78, 5) is 0. The van der Waals surface area contributed by atoms with Crippen LogP contribution >= 0.6 is 0 Å². The number of rotatable bonds is 14. The molecule has 0 aromatic heterocycles. The molecule has 0 bridgehead atoms. The third-order valence-electron chi connectivity index (χ3n) is 10.1. The number of hydrogen-bond donors (Lipinski definition) is 0. The van der Waals surface area contributed by atoms with Crippen LogP contribution < -0.4 is 31.1 Å². The largest absolute Gasteiger partial charge is 0.155 e. The van der Waals surface area contributed by atoms with Gasteiger partial charge in [0.15, 0.2) is 17.6 Å². The van der Waals surface area contributed by atoms with E-state index in [-0.39, 0.29) is 0 Å². The number of hydrogen-bond acceptors (Lipinski definition) is 0. The topological polar surface area (TPSA) is 0 Å². The molecule has 0 amide bonds. The summed E-state index contributed by atoms with van der Waals surface area (Å²) in [6.45, 7) is 4.57. The van der Waals surface area contributed by atoms with Crippen molar-refractivity contribution in [3.63, 3.8) is 0 Å². The molecule has 0 saturated heterocycles. The lowest BCUT2D eigenvalue weighted by atomic mass is 9.97. The van der Waals surface area contributed by atoms with Crippen LogP contribution in [-0.2, 0) is 12.8 Å². The molecule has 0 aliphatic heterocycles. The van der Waals surface area contributed by atoms with Gasteiger partial charge >= 0.3 is 0 Å². The van der Waals surface area contributed by atoms with Gasteiger partial charge in [0.2, 0.25) is 0 Å². The van der Waals surface area contributed by atoms with Crippen molar-refractivity contribution in [2.75, 3.05) is 0 Å². The lowest BCUT2D eigenvalue weighted by Gasteiger charge is -2.23. The number of benzene rings is 7. The van der Waals surface area contributed by atoms with E-state index >= 15 is 0 Å². The SMILES string of the molecule is CCCCc1ccc(-c2ccc(-c3ccc(CCCC)cc3[Si](c3ccccc3)c3ccccc3)cc2)c([Si](c2ccccc2)c2ccccc2)c1. The van der Waals surface area contributed by atoms with Crippen molar-refractivity contribution in [3.8, 4) is 22.3 Å². The summed E-state index contributed by atoms with van der Waals surface area (Å²) in [7, 11) is -2.50. The van der Waals surface area contributed by atoms with Crippen LogP contribution in [0.15, 0.2) is 182 Å². The highest BCUT2D eigenvalue weighted by Gasteiger charge is 2.25. The lowest BCUT2D eigenvalue weighted by molar-refractivity contribution is 0.795. The smallest absolute Gasteiger partial charge is 0.0654 e. The normalized spacial score (nSPS) is 11.3. The predicted octanol–water partition coefficient (Wildman–Crippen LogP) is 8.74. The summed E-state index contributed by atoms with van der Waals surface area (Å²) >= 11 is 0. The molecule has 0 aliphatic rings. The fraction of sp³-hybridized carbons (Fsp3) is 0.160. The van der Waals surface area contributed by atoms with Crippen molar-refractivity contribution in [1.82, 2.24) is 0 Å². The van der Waals surface area contributed by atoms with Crippen molar-refractivity contribution >= 4 is 48.7 Å². The van der Waals surface area contributed by atoms with E-state index in [0.717, 1.165) is 12.8 Å².